The third kappa shape index (κ3) is 3.63. The van der Waals surface area contributed by atoms with Gasteiger partial charge in [0.15, 0.2) is 0 Å². The lowest BCUT2D eigenvalue weighted by Crippen LogP contribution is -1.95. The number of rotatable bonds is 5. The summed E-state index contributed by atoms with van der Waals surface area (Å²) >= 11 is 1.51. The highest BCUT2D eigenvalue weighted by atomic mass is 32.1. The molecule has 0 radical (unpaired) electrons. The average molecular weight is 265 g/mol. The molecule has 18 heavy (non-hydrogen) atoms. The summed E-state index contributed by atoms with van der Waals surface area (Å²) in [5.41, 5.74) is 0.996. The molecule has 1 N–H and O–H groups in total. The van der Waals surface area contributed by atoms with Crippen LogP contribution in [0.4, 0.5) is 4.39 Å². The van der Waals surface area contributed by atoms with Gasteiger partial charge in [0.1, 0.15) is 5.82 Å². The van der Waals surface area contributed by atoms with Crippen molar-refractivity contribution in [3.05, 3.63) is 51.7 Å². The number of thiazole rings is 1. The molecular weight excluding hydrogens is 253 g/mol. The minimum atomic E-state index is -0.802. The van der Waals surface area contributed by atoms with Gasteiger partial charge in [-0.25, -0.2) is 9.37 Å². The molecular formula is C13H12FNO2S. The van der Waals surface area contributed by atoms with Crippen LogP contribution < -0.4 is 0 Å². The van der Waals surface area contributed by atoms with Crippen LogP contribution in [-0.2, 0) is 17.6 Å². The zero-order valence-corrected chi connectivity index (χ0v) is 10.4. The Morgan fingerprint density at radius 2 is 2.06 bits per heavy atom. The quantitative estimate of drug-likeness (QED) is 0.904. The Morgan fingerprint density at radius 3 is 2.72 bits per heavy atom. The first-order valence-electron chi connectivity index (χ1n) is 5.53. The van der Waals surface area contributed by atoms with Crippen LogP contribution in [0.1, 0.15) is 21.9 Å². The molecule has 0 saturated heterocycles. The van der Waals surface area contributed by atoms with E-state index in [0.717, 1.165) is 15.4 Å². The summed E-state index contributed by atoms with van der Waals surface area (Å²) in [4.78, 5) is 15.7. The van der Waals surface area contributed by atoms with Crippen molar-refractivity contribution in [2.24, 2.45) is 0 Å². The van der Waals surface area contributed by atoms with Gasteiger partial charge in [0.25, 0.3) is 0 Å². The molecule has 0 fully saturated rings. The Kier molecular flexibility index (Phi) is 4.04. The minimum Gasteiger partial charge on any atom is -0.481 e. The maximum absolute atomic E-state index is 12.7. The fraction of sp³-hybridized carbons (Fsp3) is 0.231. The molecule has 0 saturated carbocycles. The van der Waals surface area contributed by atoms with Crippen molar-refractivity contribution >= 4 is 17.3 Å². The zero-order chi connectivity index (χ0) is 13.0. The summed E-state index contributed by atoms with van der Waals surface area (Å²) in [5.74, 6) is -1.05. The van der Waals surface area contributed by atoms with E-state index in [1.54, 1.807) is 18.3 Å². The van der Waals surface area contributed by atoms with Gasteiger partial charge in [0, 0.05) is 17.5 Å². The summed E-state index contributed by atoms with van der Waals surface area (Å²) in [6, 6.07) is 6.31. The standard InChI is InChI=1S/C13H12FNO2S/c14-10-3-1-9(2-4-10)7-12-15-8-11(18-12)5-6-13(16)17/h1-4,8H,5-7H2,(H,16,17). The molecule has 0 aliphatic rings. The molecule has 1 aromatic carbocycles. The van der Waals surface area contributed by atoms with Gasteiger partial charge in [-0.2, -0.15) is 0 Å². The van der Waals surface area contributed by atoms with E-state index in [1.165, 1.54) is 23.5 Å². The number of carboxylic acid groups (broad SMARTS) is 1. The van der Waals surface area contributed by atoms with Crippen LogP contribution in [0.25, 0.3) is 0 Å². The molecule has 0 bridgehead atoms. The van der Waals surface area contributed by atoms with Crippen molar-refractivity contribution < 1.29 is 14.3 Å². The first-order chi connectivity index (χ1) is 8.63. The Bertz CT molecular complexity index is 536. The third-order valence-corrected chi connectivity index (χ3v) is 3.51. The Morgan fingerprint density at radius 1 is 1.33 bits per heavy atom. The molecule has 5 heteroatoms. The van der Waals surface area contributed by atoms with E-state index in [0.29, 0.717) is 12.8 Å². The molecule has 0 unspecified atom stereocenters. The number of hydrogen-bond donors (Lipinski definition) is 1. The second-order valence-corrected chi connectivity index (χ2v) is 5.12. The van der Waals surface area contributed by atoms with Crippen LogP contribution in [0.15, 0.2) is 30.5 Å². The topological polar surface area (TPSA) is 50.2 Å². The highest BCUT2D eigenvalue weighted by Gasteiger charge is 2.05. The predicted octanol–water partition coefficient (Wildman–Crippen LogP) is 2.89. The molecule has 94 valence electrons. The molecule has 0 atom stereocenters. The van der Waals surface area contributed by atoms with Gasteiger partial charge < -0.3 is 5.11 Å². The number of aryl methyl sites for hydroxylation is 1. The van der Waals surface area contributed by atoms with E-state index < -0.39 is 5.97 Å². The summed E-state index contributed by atoms with van der Waals surface area (Å²) in [6.07, 6.45) is 3.00. The second kappa shape index (κ2) is 5.73. The lowest BCUT2D eigenvalue weighted by atomic mass is 10.2. The second-order valence-electron chi connectivity index (χ2n) is 3.92. The monoisotopic (exact) mass is 265 g/mol. The first kappa shape index (κ1) is 12.7. The van der Waals surface area contributed by atoms with Crippen LogP contribution in [0.5, 0.6) is 0 Å². The van der Waals surface area contributed by atoms with Crippen LogP contribution in [-0.4, -0.2) is 16.1 Å². The Labute approximate surface area is 108 Å². The Balaban J connectivity index is 1.97. The first-order valence-corrected chi connectivity index (χ1v) is 6.35. The molecule has 0 amide bonds. The van der Waals surface area contributed by atoms with Gasteiger partial charge in [-0.15, -0.1) is 11.3 Å². The molecule has 0 aliphatic carbocycles. The summed E-state index contributed by atoms with van der Waals surface area (Å²) in [5, 5.41) is 9.51. The number of carbonyl (C=O) groups is 1. The molecule has 2 aromatic rings. The minimum absolute atomic E-state index is 0.123. The van der Waals surface area contributed by atoms with Gasteiger partial charge in [-0.3, -0.25) is 4.79 Å². The zero-order valence-electron chi connectivity index (χ0n) is 9.60. The number of aromatic nitrogens is 1. The van der Waals surface area contributed by atoms with Crippen molar-refractivity contribution in [3.63, 3.8) is 0 Å². The highest BCUT2D eigenvalue weighted by molar-refractivity contribution is 7.11. The third-order valence-electron chi connectivity index (χ3n) is 2.46. The Hall–Kier alpha value is -1.75. The summed E-state index contributed by atoms with van der Waals surface area (Å²) in [7, 11) is 0. The fourth-order valence-electron chi connectivity index (χ4n) is 1.55. The van der Waals surface area contributed by atoms with E-state index in [2.05, 4.69) is 4.98 Å². The molecule has 0 spiro atoms. The van der Waals surface area contributed by atoms with Gasteiger partial charge in [0.2, 0.25) is 0 Å². The number of aliphatic carboxylic acids is 1. The fourth-order valence-corrected chi connectivity index (χ4v) is 2.51. The molecule has 3 nitrogen and oxygen atoms in total. The lowest BCUT2D eigenvalue weighted by molar-refractivity contribution is -0.136. The van der Waals surface area contributed by atoms with Crippen LogP contribution in [0.2, 0.25) is 0 Å². The van der Waals surface area contributed by atoms with Crippen molar-refractivity contribution in [2.75, 3.05) is 0 Å². The predicted molar refractivity (Wildman–Crippen MR) is 67.3 cm³/mol. The van der Waals surface area contributed by atoms with Crippen LogP contribution in [0.3, 0.4) is 0 Å². The maximum Gasteiger partial charge on any atom is 0.303 e. The van der Waals surface area contributed by atoms with E-state index in [4.69, 9.17) is 5.11 Å². The number of hydrogen-bond acceptors (Lipinski definition) is 3. The number of benzene rings is 1. The largest absolute Gasteiger partial charge is 0.481 e. The summed E-state index contributed by atoms with van der Waals surface area (Å²) in [6.45, 7) is 0. The van der Waals surface area contributed by atoms with E-state index >= 15 is 0 Å². The molecule has 0 aliphatic heterocycles. The van der Waals surface area contributed by atoms with Gasteiger partial charge in [-0.05, 0) is 24.1 Å². The number of carboxylic acids is 1. The van der Waals surface area contributed by atoms with Crippen LogP contribution in [0, 0.1) is 5.82 Å². The van der Waals surface area contributed by atoms with E-state index in [9.17, 15) is 9.18 Å². The van der Waals surface area contributed by atoms with Crippen molar-refractivity contribution in [1.29, 1.82) is 0 Å². The highest BCUT2D eigenvalue weighted by Crippen LogP contribution is 2.18. The van der Waals surface area contributed by atoms with Gasteiger partial charge >= 0.3 is 5.97 Å². The number of nitrogens with zero attached hydrogens (tertiary/aromatic N) is 1. The van der Waals surface area contributed by atoms with Crippen molar-refractivity contribution in [2.45, 2.75) is 19.3 Å². The SMILES string of the molecule is O=C(O)CCc1cnc(Cc2ccc(F)cc2)s1. The van der Waals surface area contributed by atoms with Crippen molar-refractivity contribution in [3.8, 4) is 0 Å². The molecule has 1 heterocycles. The maximum atomic E-state index is 12.7. The number of halogens is 1. The van der Waals surface area contributed by atoms with Crippen LogP contribution >= 0.6 is 11.3 Å². The molecule has 2 rings (SSSR count). The average Bonchev–Trinajstić information content (AvgIpc) is 2.77. The molecule has 1 aromatic heterocycles. The smallest absolute Gasteiger partial charge is 0.303 e. The normalized spacial score (nSPS) is 10.5. The van der Waals surface area contributed by atoms with Crippen molar-refractivity contribution in [1.82, 2.24) is 4.98 Å². The summed E-state index contributed by atoms with van der Waals surface area (Å²) < 4.78 is 12.7. The van der Waals surface area contributed by atoms with Gasteiger partial charge in [0.05, 0.1) is 11.4 Å². The van der Waals surface area contributed by atoms with E-state index in [1.807, 2.05) is 0 Å². The lowest BCUT2D eigenvalue weighted by Gasteiger charge is -1.97. The van der Waals surface area contributed by atoms with E-state index in [-0.39, 0.29) is 12.2 Å². The van der Waals surface area contributed by atoms with Gasteiger partial charge in [-0.1, -0.05) is 12.1 Å².